The average molecular weight is 758 g/mol. The highest BCUT2D eigenvalue weighted by molar-refractivity contribution is 7.92. The Kier molecular flexibility index (Phi) is 12.8. The fourth-order valence-electron chi connectivity index (χ4n) is 6.90. The number of hydrogen-bond donors (Lipinski definition) is 2. The molecule has 54 heavy (non-hydrogen) atoms. The highest BCUT2D eigenvalue weighted by atomic mass is 32.2. The van der Waals surface area contributed by atoms with Crippen LogP contribution in [0.5, 0.6) is 17.2 Å². The number of benzene rings is 3. The van der Waals surface area contributed by atoms with Crippen LogP contribution in [-0.2, 0) is 26.6 Å². The Morgan fingerprint density at radius 3 is 2.31 bits per heavy atom. The van der Waals surface area contributed by atoms with Crippen molar-refractivity contribution in [2.45, 2.75) is 110 Å². The number of H-pyrrole nitrogens is 1. The van der Waals surface area contributed by atoms with Gasteiger partial charge in [0, 0.05) is 11.3 Å². The van der Waals surface area contributed by atoms with E-state index >= 15 is 0 Å². The molecule has 0 saturated carbocycles. The van der Waals surface area contributed by atoms with Crippen LogP contribution >= 0.6 is 0 Å². The maximum Gasteiger partial charge on any atom is 0.337 e. The van der Waals surface area contributed by atoms with E-state index in [-0.39, 0.29) is 15.7 Å². The molecule has 0 amide bonds. The lowest BCUT2D eigenvalue weighted by Gasteiger charge is -2.33. The summed E-state index contributed by atoms with van der Waals surface area (Å²) < 4.78 is 50.0. The predicted molar refractivity (Wildman–Crippen MR) is 213 cm³/mol. The molecule has 0 unspecified atom stereocenters. The zero-order valence-electron chi connectivity index (χ0n) is 32.9. The second kappa shape index (κ2) is 17.1. The molecule has 0 aliphatic heterocycles. The molecular formula is C42H55N5O6S. The monoisotopic (exact) mass is 757 g/mol. The van der Waals surface area contributed by atoms with Crippen molar-refractivity contribution >= 4 is 27.3 Å². The molecule has 0 fully saturated rings. The van der Waals surface area contributed by atoms with Crippen LogP contribution in [0.15, 0.2) is 71.6 Å². The van der Waals surface area contributed by atoms with Gasteiger partial charge in [0.2, 0.25) is 5.65 Å². The van der Waals surface area contributed by atoms with Crippen LogP contribution in [-0.4, -0.2) is 47.9 Å². The van der Waals surface area contributed by atoms with E-state index in [1.54, 1.807) is 59.2 Å². The van der Waals surface area contributed by atoms with E-state index in [0.717, 1.165) is 36.9 Å². The third-order valence-corrected chi connectivity index (χ3v) is 10.7. The summed E-state index contributed by atoms with van der Waals surface area (Å²) in [5, 5.41) is 7.88. The van der Waals surface area contributed by atoms with E-state index in [9.17, 15) is 13.2 Å². The first kappa shape index (κ1) is 40.3. The molecule has 0 radical (unpaired) electrons. The predicted octanol–water partition coefficient (Wildman–Crippen LogP) is 10.1. The Labute approximate surface area is 319 Å². The first-order valence-electron chi connectivity index (χ1n) is 18.9. The summed E-state index contributed by atoms with van der Waals surface area (Å²) in [6.07, 6.45) is 8.15. The number of hydrogen-bond acceptors (Lipinski definition) is 8. The van der Waals surface area contributed by atoms with Gasteiger partial charge in [-0.05, 0) is 84.2 Å². The van der Waals surface area contributed by atoms with Gasteiger partial charge in [0.25, 0.3) is 10.0 Å². The number of esters is 1. The zero-order valence-corrected chi connectivity index (χ0v) is 33.7. The number of ether oxygens (including phenoxy) is 3. The van der Waals surface area contributed by atoms with Crippen LogP contribution in [0.4, 0.5) is 5.69 Å². The minimum Gasteiger partial charge on any atom is -0.492 e. The number of aryl methyl sites for hydroxylation is 1. The van der Waals surface area contributed by atoms with Crippen molar-refractivity contribution in [1.82, 2.24) is 19.8 Å². The minimum atomic E-state index is -4.07. The van der Waals surface area contributed by atoms with Crippen molar-refractivity contribution in [1.29, 1.82) is 0 Å². The van der Waals surface area contributed by atoms with Crippen LogP contribution in [0.25, 0.3) is 17.0 Å². The van der Waals surface area contributed by atoms with Gasteiger partial charge in [0.05, 0.1) is 25.0 Å². The van der Waals surface area contributed by atoms with E-state index in [1.165, 1.54) is 26.4 Å². The molecular weight excluding hydrogens is 703 g/mol. The Hall–Kier alpha value is -4.84. The summed E-state index contributed by atoms with van der Waals surface area (Å²) in [5.74, 6) is 1.30. The number of unbranched alkanes of at least 4 members (excludes halogenated alkanes) is 5. The number of nitrogens with one attached hydrogen (secondary N) is 2. The number of aromatic nitrogens is 4. The highest BCUT2D eigenvalue weighted by Gasteiger charge is 2.30. The lowest BCUT2D eigenvalue weighted by atomic mass is 9.72. The number of sulfonamides is 1. The maximum atomic E-state index is 14.2. The molecule has 5 rings (SSSR count). The fraction of sp³-hybridized carbons (Fsp3) is 0.452. The molecule has 12 heteroatoms. The van der Waals surface area contributed by atoms with Crippen LogP contribution in [0, 0.1) is 5.41 Å². The number of carbonyl (C=O) groups excluding carboxylic acids is 1. The molecule has 2 aromatic heterocycles. The Balaban J connectivity index is 1.41. The van der Waals surface area contributed by atoms with Gasteiger partial charge in [-0.25, -0.2) is 18.2 Å². The van der Waals surface area contributed by atoms with Gasteiger partial charge in [0.15, 0.2) is 11.6 Å². The van der Waals surface area contributed by atoms with E-state index < -0.39 is 16.0 Å². The number of anilines is 1. The summed E-state index contributed by atoms with van der Waals surface area (Å²) in [5.41, 5.74) is 3.34. The second-order valence-corrected chi connectivity index (χ2v) is 17.3. The Bertz CT molecular complexity index is 2150. The molecule has 0 aliphatic rings. The second-order valence-electron chi connectivity index (χ2n) is 15.6. The SMILES string of the molecule is CCCCCCCCOc1ccc(C(C)(C)CC(C)(C)C)cc1S(=O)(=O)Nc1cccc(-c2nc3c(Oc4ccc(C(=O)OC)cc4)c(CC)[nH]n3n2)c1. The molecule has 0 bridgehead atoms. The van der Waals surface area contributed by atoms with Gasteiger partial charge in [-0.15, -0.1) is 9.73 Å². The maximum absolute atomic E-state index is 14.2. The lowest BCUT2D eigenvalue weighted by Crippen LogP contribution is -2.25. The van der Waals surface area contributed by atoms with Crippen molar-refractivity contribution in [3.63, 3.8) is 0 Å². The number of methoxy groups -OCH3 is 1. The molecule has 11 nitrogen and oxygen atoms in total. The van der Waals surface area contributed by atoms with Crippen LogP contribution in [0.2, 0.25) is 0 Å². The molecule has 0 spiro atoms. The first-order valence-corrected chi connectivity index (χ1v) is 20.4. The molecule has 0 saturated heterocycles. The zero-order chi connectivity index (χ0) is 39.1. The van der Waals surface area contributed by atoms with Crippen molar-refractivity contribution in [3.8, 4) is 28.6 Å². The van der Waals surface area contributed by atoms with Crippen LogP contribution in [0.3, 0.4) is 0 Å². The molecule has 5 aromatic rings. The third kappa shape index (κ3) is 10.0. The standard InChI is InChI=1S/C42H55N5O6S/c1-9-11-12-13-14-15-25-52-35-24-21-31(42(6,7)28-41(3,4)5)27-36(35)54(49,50)46-32-18-16-17-30(26-32)38-43-39-37(34(10-2)44-47(39)45-38)53-33-22-19-29(20-23-33)40(48)51-8/h16-24,26-27,44,46H,9-15,25,28H2,1-8H3. The topological polar surface area (TPSA) is 137 Å². The Morgan fingerprint density at radius 2 is 1.63 bits per heavy atom. The number of nitrogens with zero attached hydrogens (tertiary/aromatic N) is 3. The first-order chi connectivity index (χ1) is 25.6. The van der Waals surface area contributed by atoms with Crippen molar-refractivity contribution in [3.05, 3.63) is 83.6 Å². The number of rotatable bonds is 18. The molecule has 0 atom stereocenters. The summed E-state index contributed by atoms with van der Waals surface area (Å²) in [6.45, 7) is 15.5. The molecule has 0 aliphatic carbocycles. The molecule has 2 heterocycles. The molecule has 290 valence electrons. The summed E-state index contributed by atoms with van der Waals surface area (Å²) in [7, 11) is -2.74. The van der Waals surface area contributed by atoms with Gasteiger partial charge in [-0.2, -0.15) is 0 Å². The smallest absolute Gasteiger partial charge is 0.337 e. The van der Waals surface area contributed by atoms with Gasteiger partial charge in [-0.3, -0.25) is 9.82 Å². The quantitative estimate of drug-likeness (QED) is 0.0666. The van der Waals surface area contributed by atoms with E-state index in [2.05, 4.69) is 56.5 Å². The summed E-state index contributed by atoms with van der Waals surface area (Å²) in [4.78, 5) is 16.8. The number of carbonyl (C=O) groups is 1. The number of fused-ring (bicyclic) bond motifs is 1. The average Bonchev–Trinajstić information content (AvgIpc) is 3.69. The minimum absolute atomic E-state index is 0.0448. The lowest BCUT2D eigenvalue weighted by molar-refractivity contribution is 0.0600. The fourth-order valence-corrected chi connectivity index (χ4v) is 8.12. The Morgan fingerprint density at radius 1 is 0.907 bits per heavy atom. The summed E-state index contributed by atoms with van der Waals surface area (Å²) >= 11 is 0. The number of aromatic amines is 1. The van der Waals surface area contributed by atoms with E-state index in [4.69, 9.17) is 19.2 Å². The van der Waals surface area contributed by atoms with Gasteiger partial charge < -0.3 is 14.2 Å². The normalized spacial score (nSPS) is 12.2. The molecule has 2 N–H and O–H groups in total. The van der Waals surface area contributed by atoms with Crippen LogP contribution in [0.1, 0.15) is 115 Å². The highest BCUT2D eigenvalue weighted by Crippen LogP contribution is 2.39. The van der Waals surface area contributed by atoms with Crippen molar-refractivity contribution in [2.75, 3.05) is 18.4 Å². The van der Waals surface area contributed by atoms with E-state index in [0.29, 0.717) is 58.6 Å². The third-order valence-electron chi connectivity index (χ3n) is 9.29. The van der Waals surface area contributed by atoms with Gasteiger partial charge in [-0.1, -0.05) is 98.8 Å². The molecule has 3 aromatic carbocycles. The van der Waals surface area contributed by atoms with Crippen molar-refractivity contribution in [2.24, 2.45) is 5.41 Å². The van der Waals surface area contributed by atoms with Crippen molar-refractivity contribution < 1.29 is 27.4 Å². The van der Waals surface area contributed by atoms with Crippen LogP contribution < -0.4 is 14.2 Å². The van der Waals surface area contributed by atoms with Gasteiger partial charge >= 0.3 is 5.97 Å². The largest absolute Gasteiger partial charge is 0.492 e. The van der Waals surface area contributed by atoms with E-state index in [1.807, 2.05) is 19.1 Å². The summed E-state index contributed by atoms with van der Waals surface area (Å²) in [6, 6.07) is 19.2. The van der Waals surface area contributed by atoms with Gasteiger partial charge in [0.1, 0.15) is 16.4 Å².